The molecular formula is C16H22N4O. The molecule has 0 saturated carbocycles. The third-order valence-electron chi connectivity index (χ3n) is 4.39. The monoisotopic (exact) mass is 286 g/mol. The normalized spacial score (nSPS) is 16.5. The Morgan fingerprint density at radius 1 is 1.29 bits per heavy atom. The molecule has 0 atom stereocenters. The molecule has 0 radical (unpaired) electrons. The molecule has 2 N–H and O–H groups in total. The van der Waals surface area contributed by atoms with Gasteiger partial charge < -0.3 is 15.2 Å². The molecule has 1 aliphatic heterocycles. The summed E-state index contributed by atoms with van der Waals surface area (Å²) < 4.78 is 2.06. The minimum absolute atomic E-state index is 0.239. The van der Waals surface area contributed by atoms with Crippen molar-refractivity contribution >= 4 is 16.9 Å². The molecule has 2 heterocycles. The van der Waals surface area contributed by atoms with E-state index >= 15 is 0 Å². The van der Waals surface area contributed by atoms with Gasteiger partial charge in [-0.3, -0.25) is 4.79 Å². The first-order valence-electron chi connectivity index (χ1n) is 7.65. The van der Waals surface area contributed by atoms with Crippen molar-refractivity contribution in [1.82, 2.24) is 14.5 Å². The lowest BCUT2D eigenvalue weighted by atomic mass is 9.97. The van der Waals surface area contributed by atoms with Crippen molar-refractivity contribution in [1.29, 1.82) is 0 Å². The summed E-state index contributed by atoms with van der Waals surface area (Å²) in [6.07, 6.45) is 4.43. The van der Waals surface area contributed by atoms with Crippen LogP contribution in [0.3, 0.4) is 0 Å². The van der Waals surface area contributed by atoms with Gasteiger partial charge in [-0.2, -0.15) is 0 Å². The van der Waals surface area contributed by atoms with Gasteiger partial charge in [0.25, 0.3) is 0 Å². The van der Waals surface area contributed by atoms with Crippen molar-refractivity contribution < 1.29 is 4.79 Å². The van der Waals surface area contributed by atoms with E-state index < -0.39 is 0 Å². The average Bonchev–Trinajstić information content (AvgIpc) is 2.96. The Morgan fingerprint density at radius 3 is 2.81 bits per heavy atom. The van der Waals surface area contributed by atoms with Gasteiger partial charge in [-0.1, -0.05) is 12.1 Å². The number of aryl methyl sites for hydroxylation is 1. The number of nitrogens with zero attached hydrogens (tertiary/aromatic N) is 3. The van der Waals surface area contributed by atoms with Crippen LogP contribution in [0.4, 0.5) is 0 Å². The van der Waals surface area contributed by atoms with E-state index in [9.17, 15) is 4.79 Å². The molecule has 1 aromatic carbocycles. The molecule has 5 heteroatoms. The van der Waals surface area contributed by atoms with Crippen LogP contribution in [-0.4, -0.2) is 40.0 Å². The minimum atomic E-state index is 0.239. The highest BCUT2D eigenvalue weighted by molar-refractivity contribution is 5.77. The zero-order valence-electron chi connectivity index (χ0n) is 12.2. The summed E-state index contributed by atoms with van der Waals surface area (Å²) in [5, 5.41) is 0. The average molecular weight is 286 g/mol. The number of benzene rings is 1. The van der Waals surface area contributed by atoms with E-state index in [1.165, 1.54) is 0 Å². The van der Waals surface area contributed by atoms with Crippen LogP contribution in [0.15, 0.2) is 30.6 Å². The van der Waals surface area contributed by atoms with Gasteiger partial charge in [0, 0.05) is 26.1 Å². The number of hydrogen-bond donors (Lipinski definition) is 1. The van der Waals surface area contributed by atoms with Crippen LogP contribution in [-0.2, 0) is 11.3 Å². The zero-order valence-corrected chi connectivity index (χ0v) is 12.2. The summed E-state index contributed by atoms with van der Waals surface area (Å²) >= 11 is 0. The van der Waals surface area contributed by atoms with Gasteiger partial charge in [-0.05, 0) is 37.4 Å². The lowest BCUT2D eigenvalue weighted by Gasteiger charge is -2.31. The summed E-state index contributed by atoms with van der Waals surface area (Å²) in [5.41, 5.74) is 7.76. The molecule has 112 valence electrons. The molecule has 1 aliphatic rings. The van der Waals surface area contributed by atoms with Crippen LogP contribution < -0.4 is 5.73 Å². The van der Waals surface area contributed by atoms with E-state index in [1.807, 2.05) is 35.5 Å². The Balaban J connectivity index is 1.56. The van der Waals surface area contributed by atoms with Crippen LogP contribution in [0.25, 0.3) is 11.0 Å². The van der Waals surface area contributed by atoms with Gasteiger partial charge in [0.15, 0.2) is 0 Å². The van der Waals surface area contributed by atoms with Crippen molar-refractivity contribution in [2.45, 2.75) is 25.8 Å². The fourth-order valence-electron chi connectivity index (χ4n) is 2.98. The van der Waals surface area contributed by atoms with Crippen molar-refractivity contribution in [3.8, 4) is 0 Å². The van der Waals surface area contributed by atoms with Crippen molar-refractivity contribution in [3.63, 3.8) is 0 Å². The van der Waals surface area contributed by atoms with E-state index in [4.69, 9.17) is 5.73 Å². The smallest absolute Gasteiger partial charge is 0.224 e. The first kappa shape index (κ1) is 14.1. The second-order valence-corrected chi connectivity index (χ2v) is 5.74. The van der Waals surface area contributed by atoms with Gasteiger partial charge in [0.2, 0.25) is 5.91 Å². The molecule has 1 amide bonds. The third-order valence-corrected chi connectivity index (χ3v) is 4.39. The Morgan fingerprint density at radius 2 is 2.05 bits per heavy atom. The highest BCUT2D eigenvalue weighted by Crippen LogP contribution is 2.17. The van der Waals surface area contributed by atoms with Gasteiger partial charge >= 0.3 is 0 Å². The first-order valence-corrected chi connectivity index (χ1v) is 7.65. The van der Waals surface area contributed by atoms with E-state index in [-0.39, 0.29) is 5.91 Å². The zero-order chi connectivity index (χ0) is 14.7. The number of hydrogen-bond acceptors (Lipinski definition) is 3. The Kier molecular flexibility index (Phi) is 4.20. The van der Waals surface area contributed by atoms with E-state index in [0.717, 1.165) is 43.5 Å². The number of nitrogens with two attached hydrogens (primary N) is 1. The molecule has 2 aromatic rings. The number of likely N-dealkylation sites (tertiary alicyclic amines) is 1. The number of aromatic nitrogens is 2. The fourth-order valence-corrected chi connectivity index (χ4v) is 2.98. The predicted octanol–water partition coefficient (Wildman–Crippen LogP) is 1.62. The maximum Gasteiger partial charge on any atom is 0.224 e. The molecule has 0 aliphatic carbocycles. The maximum absolute atomic E-state index is 12.3. The quantitative estimate of drug-likeness (QED) is 0.929. The van der Waals surface area contributed by atoms with E-state index in [1.54, 1.807) is 0 Å². The lowest BCUT2D eigenvalue weighted by Crippen LogP contribution is -2.40. The molecule has 0 bridgehead atoms. The van der Waals surface area contributed by atoms with Crippen molar-refractivity contribution in [2.75, 3.05) is 19.6 Å². The van der Waals surface area contributed by atoms with Crippen molar-refractivity contribution in [3.05, 3.63) is 30.6 Å². The molecule has 0 unspecified atom stereocenters. The summed E-state index contributed by atoms with van der Waals surface area (Å²) in [4.78, 5) is 18.6. The standard InChI is InChI=1S/C16H22N4O/c17-11-13-5-8-19(9-6-13)16(21)7-10-20-12-18-14-3-1-2-4-15(14)20/h1-4,12-13H,5-11,17H2. The molecule has 1 aromatic heterocycles. The summed E-state index contributed by atoms with van der Waals surface area (Å²) in [5.74, 6) is 0.829. The van der Waals surface area contributed by atoms with Gasteiger partial charge in [-0.25, -0.2) is 4.98 Å². The Labute approximate surface area is 124 Å². The van der Waals surface area contributed by atoms with Crippen LogP contribution in [0.5, 0.6) is 0 Å². The number of rotatable bonds is 4. The van der Waals surface area contributed by atoms with E-state index in [0.29, 0.717) is 18.9 Å². The lowest BCUT2D eigenvalue weighted by molar-refractivity contribution is -0.132. The molecular weight excluding hydrogens is 264 g/mol. The van der Waals surface area contributed by atoms with Gasteiger partial charge in [-0.15, -0.1) is 0 Å². The number of carbonyl (C=O) groups is 1. The molecule has 0 spiro atoms. The molecule has 1 saturated heterocycles. The maximum atomic E-state index is 12.3. The number of carbonyl (C=O) groups excluding carboxylic acids is 1. The first-order chi connectivity index (χ1) is 10.3. The van der Waals surface area contributed by atoms with Gasteiger partial charge in [0.1, 0.15) is 0 Å². The molecule has 3 rings (SSSR count). The second kappa shape index (κ2) is 6.26. The third kappa shape index (κ3) is 3.08. The number of amides is 1. The number of imidazole rings is 1. The van der Waals surface area contributed by atoms with Crippen LogP contribution in [0.1, 0.15) is 19.3 Å². The summed E-state index contributed by atoms with van der Waals surface area (Å²) in [6.45, 7) is 3.13. The van der Waals surface area contributed by atoms with Gasteiger partial charge in [0.05, 0.1) is 17.4 Å². The minimum Gasteiger partial charge on any atom is -0.343 e. The SMILES string of the molecule is NCC1CCN(C(=O)CCn2cnc3ccccc32)CC1. The summed E-state index contributed by atoms with van der Waals surface area (Å²) in [6, 6.07) is 8.01. The number of para-hydroxylation sites is 2. The van der Waals surface area contributed by atoms with Crippen molar-refractivity contribution in [2.24, 2.45) is 11.7 Å². The molecule has 1 fully saturated rings. The van der Waals surface area contributed by atoms with Crippen LogP contribution in [0, 0.1) is 5.92 Å². The topological polar surface area (TPSA) is 64.2 Å². The van der Waals surface area contributed by atoms with Crippen LogP contribution in [0.2, 0.25) is 0 Å². The van der Waals surface area contributed by atoms with Crippen LogP contribution >= 0.6 is 0 Å². The Bertz CT molecular complexity index is 614. The largest absolute Gasteiger partial charge is 0.343 e. The number of fused-ring (bicyclic) bond motifs is 1. The fraction of sp³-hybridized carbons (Fsp3) is 0.500. The highest BCUT2D eigenvalue weighted by Gasteiger charge is 2.21. The second-order valence-electron chi connectivity index (χ2n) is 5.74. The van der Waals surface area contributed by atoms with E-state index in [2.05, 4.69) is 9.55 Å². The number of piperidine rings is 1. The Hall–Kier alpha value is -1.88. The molecule has 21 heavy (non-hydrogen) atoms. The predicted molar refractivity (Wildman–Crippen MR) is 82.7 cm³/mol. The summed E-state index contributed by atoms with van der Waals surface area (Å²) in [7, 11) is 0. The molecule has 5 nitrogen and oxygen atoms in total. The highest BCUT2D eigenvalue weighted by atomic mass is 16.2.